The molecule has 0 bridgehead atoms. The average Bonchev–Trinajstić information content (AvgIpc) is 2.78. The van der Waals surface area contributed by atoms with E-state index in [4.69, 9.17) is 0 Å². The van der Waals surface area contributed by atoms with Gasteiger partial charge >= 0.3 is 5.97 Å². The minimum absolute atomic E-state index is 0.0429. The molecule has 3 rings (SSSR count). The number of nitrogens with zero attached hydrogens (tertiary/aromatic N) is 2. The molecule has 0 atom stereocenters. The SMILES string of the molecule is Cc1ccc([N+](=O)[O-])cc1-n1c(C)c(CC(=O)O)c2c1CC(C)(C)CC2=O. The zero-order valence-corrected chi connectivity index (χ0v) is 15.8. The molecule has 1 N–H and O–H groups in total. The number of hydrogen-bond acceptors (Lipinski definition) is 4. The maximum atomic E-state index is 12.8. The van der Waals surface area contributed by atoms with E-state index in [0.717, 1.165) is 11.3 Å². The van der Waals surface area contributed by atoms with Gasteiger partial charge in [-0.2, -0.15) is 0 Å². The number of carbonyl (C=O) groups is 2. The molecule has 0 aliphatic heterocycles. The molecule has 0 amide bonds. The molecule has 0 saturated carbocycles. The number of non-ortho nitro benzene ring substituents is 1. The number of aliphatic carboxylic acids is 1. The number of nitro benzene ring substituents is 1. The number of hydrogen-bond donors (Lipinski definition) is 1. The Hall–Kier alpha value is -2.96. The molecule has 1 aliphatic rings. The van der Waals surface area contributed by atoms with Gasteiger partial charge in [-0.1, -0.05) is 19.9 Å². The van der Waals surface area contributed by atoms with Crippen LogP contribution < -0.4 is 0 Å². The van der Waals surface area contributed by atoms with E-state index in [1.54, 1.807) is 13.0 Å². The fourth-order valence-electron chi connectivity index (χ4n) is 3.99. The Kier molecular flexibility index (Phi) is 4.41. The lowest BCUT2D eigenvalue weighted by Crippen LogP contribution is -2.28. The van der Waals surface area contributed by atoms with E-state index in [2.05, 4.69) is 0 Å². The number of aromatic nitrogens is 1. The zero-order valence-electron chi connectivity index (χ0n) is 15.8. The average molecular weight is 370 g/mol. The molecule has 27 heavy (non-hydrogen) atoms. The van der Waals surface area contributed by atoms with Crippen LogP contribution in [-0.2, 0) is 17.6 Å². The number of carbonyl (C=O) groups excluding carboxylic acids is 1. The second-order valence-corrected chi connectivity index (χ2v) is 7.96. The number of carboxylic acid groups (broad SMARTS) is 1. The lowest BCUT2D eigenvalue weighted by molar-refractivity contribution is -0.384. The lowest BCUT2D eigenvalue weighted by atomic mass is 9.75. The Bertz CT molecular complexity index is 985. The minimum Gasteiger partial charge on any atom is -0.481 e. The van der Waals surface area contributed by atoms with Crippen LogP contribution in [0.3, 0.4) is 0 Å². The number of rotatable bonds is 4. The van der Waals surface area contributed by atoms with Crippen molar-refractivity contribution in [2.75, 3.05) is 0 Å². The summed E-state index contributed by atoms with van der Waals surface area (Å²) in [6.45, 7) is 7.61. The predicted octanol–water partition coefficient (Wildman–Crippen LogP) is 3.78. The van der Waals surface area contributed by atoms with Gasteiger partial charge in [0.1, 0.15) is 0 Å². The van der Waals surface area contributed by atoms with Crippen LogP contribution in [0.2, 0.25) is 0 Å². The quantitative estimate of drug-likeness (QED) is 0.652. The third-order valence-corrected chi connectivity index (χ3v) is 5.17. The number of nitro groups is 1. The largest absolute Gasteiger partial charge is 0.481 e. The standard InChI is InChI=1S/C20H22N2O5/c1-11-5-6-13(22(26)27)7-15(11)21-12(2)14(8-18(24)25)19-16(21)9-20(3,4)10-17(19)23/h5-7H,8-10H2,1-4H3,(H,24,25). The summed E-state index contributed by atoms with van der Waals surface area (Å²) in [7, 11) is 0. The Morgan fingerprint density at radius 3 is 2.56 bits per heavy atom. The molecule has 0 fully saturated rings. The van der Waals surface area contributed by atoms with E-state index in [0.29, 0.717) is 35.3 Å². The fraction of sp³-hybridized carbons (Fsp3) is 0.400. The zero-order chi connectivity index (χ0) is 20.1. The van der Waals surface area contributed by atoms with Gasteiger partial charge in [-0.15, -0.1) is 0 Å². The van der Waals surface area contributed by atoms with Gasteiger partial charge in [-0.3, -0.25) is 19.7 Å². The van der Waals surface area contributed by atoms with Crippen molar-refractivity contribution in [2.24, 2.45) is 5.41 Å². The van der Waals surface area contributed by atoms with Crippen LogP contribution in [0.4, 0.5) is 5.69 Å². The summed E-state index contributed by atoms with van der Waals surface area (Å²) >= 11 is 0. The summed E-state index contributed by atoms with van der Waals surface area (Å²) in [6, 6.07) is 4.60. The van der Waals surface area contributed by atoms with E-state index in [-0.39, 0.29) is 23.3 Å². The minimum atomic E-state index is -1.01. The monoisotopic (exact) mass is 370 g/mol. The normalized spacial score (nSPS) is 15.5. The van der Waals surface area contributed by atoms with E-state index in [1.807, 2.05) is 25.3 Å². The third kappa shape index (κ3) is 3.25. The van der Waals surface area contributed by atoms with Gasteiger partial charge < -0.3 is 9.67 Å². The lowest BCUT2D eigenvalue weighted by Gasteiger charge is -2.30. The summed E-state index contributed by atoms with van der Waals surface area (Å²) in [5.41, 5.74) is 3.49. The van der Waals surface area contributed by atoms with Gasteiger partial charge in [-0.05, 0) is 36.8 Å². The van der Waals surface area contributed by atoms with E-state index in [1.165, 1.54) is 12.1 Å². The molecule has 0 unspecified atom stereocenters. The van der Waals surface area contributed by atoms with Crippen LogP contribution in [0.25, 0.3) is 5.69 Å². The fourth-order valence-corrected chi connectivity index (χ4v) is 3.99. The second kappa shape index (κ2) is 6.33. The first-order chi connectivity index (χ1) is 12.5. The first-order valence-corrected chi connectivity index (χ1v) is 8.75. The number of fused-ring (bicyclic) bond motifs is 1. The van der Waals surface area contributed by atoms with Gasteiger partial charge in [0.15, 0.2) is 5.78 Å². The summed E-state index contributed by atoms with van der Waals surface area (Å²) in [5, 5.41) is 20.6. The Morgan fingerprint density at radius 1 is 1.30 bits per heavy atom. The molecular formula is C20H22N2O5. The van der Waals surface area contributed by atoms with Crippen molar-refractivity contribution in [3.05, 3.63) is 56.4 Å². The Balaban J connectivity index is 2.35. The van der Waals surface area contributed by atoms with Crippen LogP contribution in [0.15, 0.2) is 18.2 Å². The number of carboxylic acids is 1. The molecule has 0 spiro atoms. The molecule has 1 aromatic heterocycles. The first kappa shape index (κ1) is 18.8. The highest BCUT2D eigenvalue weighted by Crippen LogP contribution is 2.41. The van der Waals surface area contributed by atoms with Crippen LogP contribution in [0, 0.1) is 29.4 Å². The van der Waals surface area contributed by atoms with E-state index >= 15 is 0 Å². The Morgan fingerprint density at radius 2 is 1.96 bits per heavy atom. The first-order valence-electron chi connectivity index (χ1n) is 8.75. The topological polar surface area (TPSA) is 102 Å². The molecule has 0 saturated heterocycles. The molecule has 1 aromatic carbocycles. The number of benzene rings is 1. The third-order valence-electron chi connectivity index (χ3n) is 5.17. The second-order valence-electron chi connectivity index (χ2n) is 7.96. The van der Waals surface area contributed by atoms with Gasteiger partial charge in [0, 0.05) is 35.5 Å². The number of Topliss-reactive ketones (excluding diaryl/α,β-unsaturated/α-hetero) is 1. The molecule has 1 aliphatic carbocycles. The summed E-state index contributed by atoms with van der Waals surface area (Å²) in [4.78, 5) is 35.0. The molecule has 7 heteroatoms. The summed E-state index contributed by atoms with van der Waals surface area (Å²) < 4.78 is 1.84. The maximum absolute atomic E-state index is 12.8. The molecule has 2 aromatic rings. The molecule has 0 radical (unpaired) electrons. The number of aryl methyl sites for hydroxylation is 1. The van der Waals surface area contributed by atoms with Crippen molar-refractivity contribution < 1.29 is 19.6 Å². The van der Waals surface area contributed by atoms with Gasteiger partial charge in [0.05, 0.1) is 17.0 Å². The van der Waals surface area contributed by atoms with Crippen LogP contribution >= 0.6 is 0 Å². The number of ketones is 1. The van der Waals surface area contributed by atoms with Crippen molar-refractivity contribution in [2.45, 2.75) is 47.0 Å². The molecular weight excluding hydrogens is 348 g/mol. The van der Waals surface area contributed by atoms with Crippen LogP contribution in [0.1, 0.15) is 53.1 Å². The van der Waals surface area contributed by atoms with Crippen molar-refractivity contribution in [1.82, 2.24) is 4.57 Å². The highest BCUT2D eigenvalue weighted by atomic mass is 16.6. The van der Waals surface area contributed by atoms with Crippen LogP contribution in [-0.4, -0.2) is 26.3 Å². The highest BCUT2D eigenvalue weighted by molar-refractivity contribution is 6.01. The van der Waals surface area contributed by atoms with Crippen molar-refractivity contribution in [3.8, 4) is 5.69 Å². The van der Waals surface area contributed by atoms with Crippen molar-refractivity contribution in [1.29, 1.82) is 0 Å². The Labute approximate surface area is 156 Å². The van der Waals surface area contributed by atoms with E-state index < -0.39 is 10.9 Å². The van der Waals surface area contributed by atoms with Crippen LogP contribution in [0.5, 0.6) is 0 Å². The van der Waals surface area contributed by atoms with Crippen molar-refractivity contribution >= 4 is 17.4 Å². The van der Waals surface area contributed by atoms with Crippen molar-refractivity contribution in [3.63, 3.8) is 0 Å². The van der Waals surface area contributed by atoms with Gasteiger partial charge in [0.25, 0.3) is 5.69 Å². The van der Waals surface area contributed by atoms with Gasteiger partial charge in [-0.25, -0.2) is 0 Å². The molecule has 1 heterocycles. The smallest absolute Gasteiger partial charge is 0.307 e. The summed E-state index contributed by atoms with van der Waals surface area (Å²) in [5.74, 6) is -1.08. The van der Waals surface area contributed by atoms with E-state index in [9.17, 15) is 24.8 Å². The molecule has 7 nitrogen and oxygen atoms in total. The highest BCUT2D eigenvalue weighted by Gasteiger charge is 2.37. The van der Waals surface area contributed by atoms with Gasteiger partial charge in [0.2, 0.25) is 0 Å². The maximum Gasteiger partial charge on any atom is 0.307 e. The summed E-state index contributed by atoms with van der Waals surface area (Å²) in [6.07, 6.45) is 0.696. The molecule has 142 valence electrons. The predicted molar refractivity (Wildman–Crippen MR) is 99.7 cm³/mol.